The Morgan fingerprint density at radius 2 is 2.00 bits per heavy atom. The van der Waals surface area contributed by atoms with Gasteiger partial charge in [0.25, 0.3) is 10.1 Å². The molecule has 2 rings (SSSR count). The van der Waals surface area contributed by atoms with E-state index in [1.165, 1.54) is 6.07 Å². The summed E-state index contributed by atoms with van der Waals surface area (Å²) in [5.41, 5.74) is 2.04. The maximum absolute atomic E-state index is 11.2. The van der Waals surface area contributed by atoms with Crippen LogP contribution in [0.25, 0.3) is 0 Å². The molecule has 1 N–H and O–H groups in total. The lowest BCUT2D eigenvalue weighted by Crippen LogP contribution is -2.05. The predicted molar refractivity (Wildman–Crippen MR) is 62.4 cm³/mol. The van der Waals surface area contributed by atoms with Gasteiger partial charge in [-0.15, -0.1) is 0 Å². The third-order valence-electron chi connectivity index (χ3n) is 2.36. The molecule has 0 atom stereocenters. The van der Waals surface area contributed by atoms with Crippen molar-refractivity contribution >= 4 is 21.9 Å². The van der Waals surface area contributed by atoms with Crippen LogP contribution in [-0.2, 0) is 21.6 Å². The molecule has 0 amide bonds. The Balaban J connectivity index is 2.57. The Labute approximate surface area is 98.8 Å². The highest BCUT2D eigenvalue weighted by molar-refractivity contribution is 7.98. The average molecular weight is 260 g/mol. The van der Waals surface area contributed by atoms with Crippen LogP contribution in [0, 0.1) is 0 Å². The molecule has 6 heteroatoms. The lowest BCUT2D eigenvalue weighted by atomic mass is 10.1. The lowest BCUT2D eigenvalue weighted by molar-refractivity contribution is 0.329. The zero-order chi connectivity index (χ0) is 11.8. The summed E-state index contributed by atoms with van der Waals surface area (Å²) in [6.45, 7) is 2.14. The summed E-state index contributed by atoms with van der Waals surface area (Å²) in [5.74, 6) is 1.89. The second kappa shape index (κ2) is 4.27. The molecule has 16 heavy (non-hydrogen) atoms. The summed E-state index contributed by atoms with van der Waals surface area (Å²) in [6, 6.07) is 3.22. The molecule has 1 aromatic rings. The predicted octanol–water partition coefficient (Wildman–Crippen LogP) is 2.08. The fraction of sp³-hybridized carbons (Fsp3) is 0.400. The Bertz CT molecular complexity index is 508. The molecule has 0 saturated carbocycles. The number of thioether (sulfide) groups is 1. The van der Waals surface area contributed by atoms with Crippen LogP contribution in [0.3, 0.4) is 0 Å². The van der Waals surface area contributed by atoms with Crippen molar-refractivity contribution in [2.75, 3.05) is 6.61 Å². The molecule has 0 fully saturated rings. The first-order valence-electron chi connectivity index (χ1n) is 4.86. The van der Waals surface area contributed by atoms with Crippen LogP contribution >= 0.6 is 11.8 Å². The van der Waals surface area contributed by atoms with E-state index in [1.54, 1.807) is 24.8 Å². The quantitative estimate of drug-likeness (QED) is 0.843. The van der Waals surface area contributed by atoms with Gasteiger partial charge in [0.15, 0.2) is 0 Å². The van der Waals surface area contributed by atoms with Crippen molar-refractivity contribution in [3.63, 3.8) is 0 Å². The van der Waals surface area contributed by atoms with Crippen molar-refractivity contribution in [1.82, 2.24) is 0 Å². The number of hydrogen-bond donors (Lipinski definition) is 1. The van der Waals surface area contributed by atoms with Gasteiger partial charge in [0, 0.05) is 11.5 Å². The first kappa shape index (κ1) is 11.8. The molecule has 0 spiro atoms. The van der Waals surface area contributed by atoms with Crippen molar-refractivity contribution in [3.8, 4) is 5.75 Å². The summed E-state index contributed by atoms with van der Waals surface area (Å²) in [7, 11) is -4.21. The third kappa shape index (κ3) is 2.18. The highest BCUT2D eigenvalue weighted by Gasteiger charge is 2.22. The lowest BCUT2D eigenvalue weighted by Gasteiger charge is -2.10. The summed E-state index contributed by atoms with van der Waals surface area (Å²) in [6.07, 6.45) is 0. The molecule has 0 saturated heterocycles. The minimum absolute atomic E-state index is 0.129. The Hall–Kier alpha value is -0.720. The summed E-state index contributed by atoms with van der Waals surface area (Å²) < 4.78 is 36.7. The molecular formula is C10H12O4S2. The molecule has 1 aliphatic rings. The molecule has 0 aromatic heterocycles. The minimum Gasteiger partial charge on any atom is -0.492 e. The van der Waals surface area contributed by atoms with E-state index in [1.807, 2.05) is 0 Å². The SMILES string of the molecule is CCOc1cc2c(cc1S(=O)(=O)O)CSC2. The molecule has 1 heterocycles. The fourth-order valence-corrected chi connectivity index (χ4v) is 3.40. The van der Waals surface area contributed by atoms with Gasteiger partial charge < -0.3 is 4.74 Å². The Morgan fingerprint density at radius 3 is 2.56 bits per heavy atom. The van der Waals surface area contributed by atoms with Crippen molar-refractivity contribution in [1.29, 1.82) is 0 Å². The zero-order valence-electron chi connectivity index (χ0n) is 8.76. The molecule has 1 aromatic carbocycles. The molecule has 0 aliphatic carbocycles. The zero-order valence-corrected chi connectivity index (χ0v) is 10.4. The third-order valence-corrected chi connectivity index (χ3v) is 4.26. The minimum atomic E-state index is -4.21. The fourth-order valence-electron chi connectivity index (χ4n) is 1.65. The van der Waals surface area contributed by atoms with E-state index in [4.69, 9.17) is 9.29 Å². The number of benzene rings is 1. The van der Waals surface area contributed by atoms with Gasteiger partial charge in [0.2, 0.25) is 0 Å². The first-order chi connectivity index (χ1) is 7.52. The smallest absolute Gasteiger partial charge is 0.298 e. The van der Waals surface area contributed by atoms with E-state index in [0.717, 1.165) is 22.6 Å². The monoisotopic (exact) mass is 260 g/mol. The van der Waals surface area contributed by atoms with Crippen molar-refractivity contribution in [2.24, 2.45) is 0 Å². The summed E-state index contributed by atoms with van der Waals surface area (Å²) in [4.78, 5) is -0.129. The second-order valence-corrected chi connectivity index (χ2v) is 5.84. The molecule has 0 radical (unpaired) electrons. The normalized spacial score (nSPS) is 14.9. The van der Waals surface area contributed by atoms with E-state index in [-0.39, 0.29) is 10.6 Å². The van der Waals surface area contributed by atoms with Crippen LogP contribution in [0.5, 0.6) is 5.75 Å². The average Bonchev–Trinajstić information content (AvgIpc) is 2.62. The van der Waals surface area contributed by atoms with E-state index in [0.29, 0.717) is 6.61 Å². The topological polar surface area (TPSA) is 63.6 Å². The van der Waals surface area contributed by atoms with Crippen LogP contribution in [0.1, 0.15) is 18.1 Å². The van der Waals surface area contributed by atoms with Crippen LogP contribution in [-0.4, -0.2) is 19.6 Å². The van der Waals surface area contributed by atoms with E-state index in [9.17, 15) is 8.42 Å². The maximum atomic E-state index is 11.2. The largest absolute Gasteiger partial charge is 0.492 e. The molecule has 4 nitrogen and oxygen atoms in total. The number of hydrogen-bond acceptors (Lipinski definition) is 4. The van der Waals surface area contributed by atoms with Crippen molar-refractivity contribution in [2.45, 2.75) is 23.3 Å². The van der Waals surface area contributed by atoms with Gasteiger partial charge in [-0.25, -0.2) is 0 Å². The van der Waals surface area contributed by atoms with Crippen molar-refractivity contribution in [3.05, 3.63) is 23.3 Å². The highest BCUT2D eigenvalue weighted by Crippen LogP contribution is 2.36. The first-order valence-corrected chi connectivity index (χ1v) is 7.45. The summed E-state index contributed by atoms with van der Waals surface area (Å²) in [5, 5.41) is 0. The standard InChI is InChI=1S/C10H12O4S2/c1-2-14-9-3-7-5-15-6-8(7)4-10(9)16(11,12)13/h3-4H,2,5-6H2,1H3,(H,11,12,13). The molecule has 88 valence electrons. The summed E-state index contributed by atoms with van der Waals surface area (Å²) >= 11 is 1.72. The van der Waals surface area contributed by atoms with Crippen LogP contribution in [0.15, 0.2) is 17.0 Å². The Kier molecular flexibility index (Phi) is 3.14. The molecule has 1 aliphatic heterocycles. The Morgan fingerprint density at radius 1 is 1.38 bits per heavy atom. The molecular weight excluding hydrogens is 248 g/mol. The van der Waals surface area contributed by atoms with Gasteiger partial charge in [-0.1, -0.05) is 0 Å². The van der Waals surface area contributed by atoms with Gasteiger partial charge in [-0.05, 0) is 30.2 Å². The second-order valence-electron chi connectivity index (χ2n) is 3.47. The highest BCUT2D eigenvalue weighted by atomic mass is 32.2. The number of rotatable bonds is 3. The van der Waals surface area contributed by atoms with Gasteiger partial charge in [-0.2, -0.15) is 20.2 Å². The van der Waals surface area contributed by atoms with Crippen LogP contribution in [0.4, 0.5) is 0 Å². The van der Waals surface area contributed by atoms with E-state index >= 15 is 0 Å². The van der Waals surface area contributed by atoms with Gasteiger partial charge in [0.1, 0.15) is 10.6 Å². The number of fused-ring (bicyclic) bond motifs is 1. The van der Waals surface area contributed by atoms with Gasteiger partial charge in [0.05, 0.1) is 6.61 Å². The van der Waals surface area contributed by atoms with E-state index < -0.39 is 10.1 Å². The van der Waals surface area contributed by atoms with Crippen LogP contribution in [0.2, 0.25) is 0 Å². The van der Waals surface area contributed by atoms with E-state index in [2.05, 4.69) is 0 Å². The maximum Gasteiger partial charge on any atom is 0.298 e. The van der Waals surface area contributed by atoms with Gasteiger partial charge in [-0.3, -0.25) is 4.55 Å². The molecule has 0 unspecified atom stereocenters. The van der Waals surface area contributed by atoms with Crippen molar-refractivity contribution < 1.29 is 17.7 Å². The number of ether oxygens (including phenoxy) is 1. The molecule has 0 bridgehead atoms. The van der Waals surface area contributed by atoms with Gasteiger partial charge >= 0.3 is 0 Å². The van der Waals surface area contributed by atoms with Crippen LogP contribution < -0.4 is 4.74 Å².